The summed E-state index contributed by atoms with van der Waals surface area (Å²) < 4.78 is 5.13. The molecule has 0 bridgehead atoms. The summed E-state index contributed by atoms with van der Waals surface area (Å²) in [4.78, 5) is 12.3. The van der Waals surface area contributed by atoms with E-state index in [1.807, 2.05) is 0 Å². The van der Waals surface area contributed by atoms with Crippen LogP contribution in [0.2, 0.25) is 0 Å². The first-order chi connectivity index (χ1) is 9.20. The molecule has 0 aromatic rings. The number of nitrogens with one attached hydrogen (secondary N) is 1. The summed E-state index contributed by atoms with van der Waals surface area (Å²) in [5, 5.41) is 3.71. The molecule has 0 aromatic heterocycles. The van der Waals surface area contributed by atoms with Gasteiger partial charge in [-0.15, -0.1) is 0 Å². The van der Waals surface area contributed by atoms with Crippen molar-refractivity contribution in [2.45, 2.75) is 82.7 Å². The normalized spacial score (nSPS) is 33.1. The van der Waals surface area contributed by atoms with Crippen molar-refractivity contribution in [2.75, 3.05) is 7.11 Å². The highest BCUT2D eigenvalue weighted by molar-refractivity contribution is 5.81. The summed E-state index contributed by atoms with van der Waals surface area (Å²) in [5.74, 6) is 0.639. The molecular weight excluding hydrogens is 238 g/mol. The molecule has 2 rings (SSSR count). The first-order valence-corrected chi connectivity index (χ1v) is 8.06. The van der Waals surface area contributed by atoms with Crippen LogP contribution in [0, 0.1) is 5.92 Å². The first-order valence-electron chi connectivity index (χ1n) is 8.06. The molecule has 2 saturated carbocycles. The monoisotopic (exact) mass is 267 g/mol. The topological polar surface area (TPSA) is 38.3 Å². The van der Waals surface area contributed by atoms with Gasteiger partial charge >= 0.3 is 5.97 Å². The average Bonchev–Trinajstić information content (AvgIpc) is 2.47. The molecular formula is C16H29NO2. The van der Waals surface area contributed by atoms with E-state index >= 15 is 0 Å². The van der Waals surface area contributed by atoms with Gasteiger partial charge in [-0.3, -0.25) is 10.1 Å². The average molecular weight is 267 g/mol. The fourth-order valence-corrected chi connectivity index (χ4v) is 3.95. The van der Waals surface area contributed by atoms with Gasteiger partial charge in [0.25, 0.3) is 0 Å². The third-order valence-electron chi connectivity index (χ3n) is 5.09. The van der Waals surface area contributed by atoms with E-state index < -0.39 is 5.54 Å². The van der Waals surface area contributed by atoms with Crippen molar-refractivity contribution in [3.05, 3.63) is 0 Å². The highest BCUT2D eigenvalue weighted by Gasteiger charge is 2.44. The van der Waals surface area contributed by atoms with Crippen LogP contribution in [0.4, 0.5) is 0 Å². The molecule has 0 amide bonds. The van der Waals surface area contributed by atoms with E-state index in [1.165, 1.54) is 52.1 Å². The van der Waals surface area contributed by atoms with E-state index in [4.69, 9.17) is 4.74 Å². The maximum Gasteiger partial charge on any atom is 0.326 e. The molecule has 2 unspecified atom stereocenters. The van der Waals surface area contributed by atoms with Crippen LogP contribution in [0.3, 0.4) is 0 Å². The fourth-order valence-electron chi connectivity index (χ4n) is 3.95. The van der Waals surface area contributed by atoms with Crippen molar-refractivity contribution < 1.29 is 9.53 Å². The van der Waals surface area contributed by atoms with Crippen molar-refractivity contribution in [1.82, 2.24) is 5.32 Å². The summed E-state index contributed by atoms with van der Waals surface area (Å²) in [6, 6.07) is 0.517. The molecule has 0 radical (unpaired) electrons. The Morgan fingerprint density at radius 2 is 1.95 bits per heavy atom. The zero-order valence-corrected chi connectivity index (χ0v) is 12.5. The first kappa shape index (κ1) is 14.8. The lowest BCUT2D eigenvalue weighted by Crippen LogP contribution is -2.59. The lowest BCUT2D eigenvalue weighted by molar-refractivity contribution is -0.151. The lowest BCUT2D eigenvalue weighted by atomic mass is 9.73. The number of rotatable bonds is 4. The van der Waals surface area contributed by atoms with Crippen LogP contribution >= 0.6 is 0 Å². The number of ether oxygens (including phenoxy) is 1. The van der Waals surface area contributed by atoms with Crippen molar-refractivity contribution in [2.24, 2.45) is 5.92 Å². The molecule has 0 heterocycles. The van der Waals surface area contributed by atoms with Crippen molar-refractivity contribution in [3.63, 3.8) is 0 Å². The van der Waals surface area contributed by atoms with Crippen LogP contribution in [0.15, 0.2) is 0 Å². The molecule has 1 N–H and O–H groups in total. The number of hydrogen-bond donors (Lipinski definition) is 1. The molecule has 0 aromatic carbocycles. The smallest absolute Gasteiger partial charge is 0.326 e. The quantitative estimate of drug-likeness (QED) is 0.793. The van der Waals surface area contributed by atoms with Crippen molar-refractivity contribution in [1.29, 1.82) is 0 Å². The minimum atomic E-state index is -0.393. The molecule has 0 spiro atoms. The molecule has 3 nitrogen and oxygen atoms in total. The summed E-state index contributed by atoms with van der Waals surface area (Å²) in [7, 11) is 1.53. The zero-order valence-electron chi connectivity index (χ0n) is 12.5. The van der Waals surface area contributed by atoms with E-state index in [0.29, 0.717) is 12.0 Å². The Kier molecular flexibility index (Phi) is 5.26. The second-order valence-corrected chi connectivity index (χ2v) is 6.42. The highest BCUT2D eigenvalue weighted by Crippen LogP contribution is 2.36. The number of esters is 1. The molecule has 2 aliphatic rings. The Labute approximate surface area is 117 Å². The predicted octanol–water partition coefficient (Wildman–Crippen LogP) is 3.42. The SMILES string of the molecule is CCC1CCCC(NC2CCCCC2)(C(=O)OC)C1. The Morgan fingerprint density at radius 1 is 1.21 bits per heavy atom. The van der Waals surface area contributed by atoms with Gasteiger partial charge in [-0.25, -0.2) is 0 Å². The van der Waals surface area contributed by atoms with Crippen LogP contribution in [0.25, 0.3) is 0 Å². The Bertz CT molecular complexity index is 299. The van der Waals surface area contributed by atoms with Gasteiger partial charge in [-0.05, 0) is 31.6 Å². The molecule has 0 aliphatic heterocycles. The van der Waals surface area contributed by atoms with E-state index in [1.54, 1.807) is 0 Å². The van der Waals surface area contributed by atoms with Gasteiger partial charge in [0.2, 0.25) is 0 Å². The van der Waals surface area contributed by atoms with Gasteiger partial charge in [0.1, 0.15) is 5.54 Å². The minimum Gasteiger partial charge on any atom is -0.468 e. The van der Waals surface area contributed by atoms with Gasteiger partial charge in [-0.1, -0.05) is 45.4 Å². The highest BCUT2D eigenvalue weighted by atomic mass is 16.5. The summed E-state index contributed by atoms with van der Waals surface area (Å²) in [5.41, 5.74) is -0.393. The molecule has 2 atom stereocenters. The number of carbonyl (C=O) groups is 1. The standard InChI is InChI=1S/C16H29NO2/c1-3-13-8-7-11-16(12-13,15(18)19-2)17-14-9-5-4-6-10-14/h13-14,17H,3-12H2,1-2H3. The Balaban J connectivity index is 2.07. The number of carbonyl (C=O) groups excluding carboxylic acids is 1. The number of methoxy groups -OCH3 is 1. The molecule has 2 aliphatic carbocycles. The van der Waals surface area contributed by atoms with Crippen molar-refractivity contribution >= 4 is 5.97 Å². The van der Waals surface area contributed by atoms with Crippen LogP contribution in [0.5, 0.6) is 0 Å². The van der Waals surface area contributed by atoms with Gasteiger partial charge in [0.15, 0.2) is 0 Å². The van der Waals surface area contributed by atoms with E-state index in [9.17, 15) is 4.79 Å². The van der Waals surface area contributed by atoms with E-state index in [-0.39, 0.29) is 5.97 Å². The van der Waals surface area contributed by atoms with Gasteiger partial charge in [-0.2, -0.15) is 0 Å². The molecule has 0 saturated heterocycles. The molecule has 19 heavy (non-hydrogen) atoms. The molecule has 3 heteroatoms. The van der Waals surface area contributed by atoms with E-state index in [0.717, 1.165) is 19.3 Å². The third kappa shape index (κ3) is 3.50. The Morgan fingerprint density at radius 3 is 2.58 bits per heavy atom. The summed E-state index contributed by atoms with van der Waals surface area (Å²) in [6.45, 7) is 2.23. The lowest BCUT2D eigenvalue weighted by Gasteiger charge is -2.42. The summed E-state index contributed by atoms with van der Waals surface area (Å²) >= 11 is 0. The van der Waals surface area contributed by atoms with Gasteiger partial charge < -0.3 is 4.74 Å². The van der Waals surface area contributed by atoms with Crippen LogP contribution in [-0.2, 0) is 9.53 Å². The maximum atomic E-state index is 12.3. The second kappa shape index (κ2) is 6.74. The van der Waals surface area contributed by atoms with Crippen molar-refractivity contribution in [3.8, 4) is 0 Å². The summed E-state index contributed by atoms with van der Waals surface area (Å²) in [6.07, 6.45) is 11.9. The number of hydrogen-bond acceptors (Lipinski definition) is 3. The molecule has 2 fully saturated rings. The van der Waals surface area contributed by atoms with Crippen LogP contribution in [-0.4, -0.2) is 24.7 Å². The van der Waals surface area contributed by atoms with Gasteiger partial charge in [0.05, 0.1) is 7.11 Å². The minimum absolute atomic E-state index is 0.0313. The third-order valence-corrected chi connectivity index (χ3v) is 5.09. The Hall–Kier alpha value is -0.570. The largest absolute Gasteiger partial charge is 0.468 e. The predicted molar refractivity (Wildman–Crippen MR) is 77.0 cm³/mol. The maximum absolute atomic E-state index is 12.3. The van der Waals surface area contributed by atoms with Crippen LogP contribution < -0.4 is 5.32 Å². The zero-order chi connectivity index (χ0) is 13.7. The van der Waals surface area contributed by atoms with Gasteiger partial charge in [0, 0.05) is 6.04 Å². The second-order valence-electron chi connectivity index (χ2n) is 6.42. The van der Waals surface area contributed by atoms with Crippen LogP contribution in [0.1, 0.15) is 71.1 Å². The fraction of sp³-hybridized carbons (Fsp3) is 0.938. The van der Waals surface area contributed by atoms with E-state index in [2.05, 4.69) is 12.2 Å². The molecule has 110 valence electrons.